The largest absolute Gasteiger partial charge is 0.412 e. The van der Waals surface area contributed by atoms with Gasteiger partial charge in [-0.1, -0.05) is 60.7 Å². The number of rotatable bonds is 5. The number of carbonyl (C=O) groups is 2. The third kappa shape index (κ3) is 5.39. The summed E-state index contributed by atoms with van der Waals surface area (Å²) in [5.74, 6) is 0.186. The zero-order valence-corrected chi connectivity index (χ0v) is 17.9. The monoisotopic (exact) mass is 431 g/mol. The average Bonchev–Trinajstić information content (AvgIpc) is 3.15. The molecule has 4 rings (SSSR count). The number of hydrogen-bond donors (Lipinski definition) is 0. The smallest absolute Gasteiger partial charge is 0.242 e. The molecule has 0 aromatic heterocycles. The molecule has 2 aromatic carbocycles. The number of nitrogens with zero attached hydrogens (tertiary/aromatic N) is 3. The van der Waals surface area contributed by atoms with E-state index in [1.54, 1.807) is 4.90 Å². The third-order valence-corrected chi connectivity index (χ3v) is 5.76. The lowest BCUT2D eigenvalue weighted by atomic mass is 9.96. The molecule has 2 fully saturated rings. The van der Waals surface area contributed by atoms with Gasteiger partial charge in [-0.05, 0) is 17.5 Å². The van der Waals surface area contributed by atoms with Crippen LogP contribution in [0.3, 0.4) is 0 Å². The summed E-state index contributed by atoms with van der Waals surface area (Å²) in [6.45, 7) is 4.02. The Morgan fingerprint density at radius 1 is 0.833 bits per heavy atom. The van der Waals surface area contributed by atoms with Crippen molar-refractivity contribution in [2.45, 2.75) is 18.9 Å². The molecular weight excluding hydrogens is 402 g/mol. The van der Waals surface area contributed by atoms with Crippen molar-refractivity contribution >= 4 is 24.2 Å². The fourth-order valence-electron chi connectivity index (χ4n) is 4.25. The number of carbonyl (C=O) groups excluding carboxylic acids is 2. The van der Waals surface area contributed by atoms with Crippen molar-refractivity contribution in [3.8, 4) is 0 Å². The molecular formula is C23H30ClN3O3. The summed E-state index contributed by atoms with van der Waals surface area (Å²) in [6.07, 6.45) is 1.45. The van der Waals surface area contributed by atoms with Crippen LogP contribution in [0, 0.1) is 0 Å². The van der Waals surface area contributed by atoms with Crippen LogP contribution in [-0.2, 0) is 9.59 Å². The quantitative estimate of drug-likeness (QED) is 0.727. The lowest BCUT2D eigenvalue weighted by molar-refractivity contribution is -0.139. The van der Waals surface area contributed by atoms with Gasteiger partial charge in [0.15, 0.2) is 0 Å². The maximum absolute atomic E-state index is 12.6. The van der Waals surface area contributed by atoms with Crippen molar-refractivity contribution in [1.29, 1.82) is 0 Å². The van der Waals surface area contributed by atoms with Gasteiger partial charge in [-0.2, -0.15) is 0 Å². The summed E-state index contributed by atoms with van der Waals surface area (Å²) < 4.78 is 0. The third-order valence-electron chi connectivity index (χ3n) is 5.76. The van der Waals surface area contributed by atoms with Gasteiger partial charge in [0.2, 0.25) is 11.8 Å². The number of benzene rings is 2. The number of hydrogen-bond acceptors (Lipinski definition) is 3. The first-order valence-corrected chi connectivity index (χ1v) is 10.1. The standard InChI is InChI=1S/C23H27N3O2.ClH.H2O/c27-21-12-7-13-26(21)18-22(28)24-14-16-25(17-15-24)23(19-8-3-1-4-9-19)20-10-5-2-6-11-20;;/h1-6,8-11,23H,7,12-18H2;1H;1H2. The molecule has 0 saturated carbocycles. The zero-order chi connectivity index (χ0) is 19.3. The summed E-state index contributed by atoms with van der Waals surface area (Å²) >= 11 is 0. The molecule has 7 heteroatoms. The van der Waals surface area contributed by atoms with E-state index in [9.17, 15) is 9.59 Å². The van der Waals surface area contributed by atoms with Crippen LogP contribution in [0.5, 0.6) is 0 Å². The van der Waals surface area contributed by atoms with Gasteiger partial charge in [0.25, 0.3) is 0 Å². The summed E-state index contributed by atoms with van der Waals surface area (Å²) in [6, 6.07) is 21.3. The van der Waals surface area contributed by atoms with Crippen molar-refractivity contribution in [2.24, 2.45) is 0 Å². The van der Waals surface area contributed by atoms with Crippen LogP contribution < -0.4 is 0 Å². The van der Waals surface area contributed by atoms with Crippen LogP contribution >= 0.6 is 12.4 Å². The number of likely N-dealkylation sites (tertiary alicyclic amines) is 1. The molecule has 0 atom stereocenters. The second kappa shape index (κ2) is 11.1. The van der Waals surface area contributed by atoms with Gasteiger partial charge < -0.3 is 15.3 Å². The van der Waals surface area contributed by atoms with Crippen molar-refractivity contribution in [2.75, 3.05) is 39.3 Å². The van der Waals surface area contributed by atoms with Crippen LogP contribution in [0.25, 0.3) is 0 Å². The fraction of sp³-hybridized carbons (Fsp3) is 0.391. The second-order valence-corrected chi connectivity index (χ2v) is 7.56. The summed E-state index contributed by atoms with van der Waals surface area (Å²) in [5, 5.41) is 0. The SMILES string of the molecule is Cl.O.O=C(CN1CCCC1=O)N1CCN(C(c2ccccc2)c2ccccc2)CC1. The summed E-state index contributed by atoms with van der Waals surface area (Å²) in [7, 11) is 0. The highest BCUT2D eigenvalue weighted by Crippen LogP contribution is 2.29. The predicted molar refractivity (Wildman–Crippen MR) is 120 cm³/mol. The van der Waals surface area contributed by atoms with E-state index in [4.69, 9.17) is 0 Å². The molecule has 6 nitrogen and oxygen atoms in total. The number of piperazine rings is 1. The molecule has 2 aromatic rings. The Labute approximate surface area is 184 Å². The first kappa shape index (κ1) is 23.9. The van der Waals surface area contributed by atoms with E-state index in [0.29, 0.717) is 26.1 Å². The number of amides is 2. The highest BCUT2D eigenvalue weighted by molar-refractivity contribution is 5.86. The molecule has 2 N–H and O–H groups in total. The van der Waals surface area contributed by atoms with Gasteiger partial charge in [0, 0.05) is 39.1 Å². The maximum Gasteiger partial charge on any atom is 0.242 e. The van der Waals surface area contributed by atoms with Crippen molar-refractivity contribution in [3.63, 3.8) is 0 Å². The van der Waals surface area contributed by atoms with Gasteiger partial charge in [-0.15, -0.1) is 12.4 Å². The van der Waals surface area contributed by atoms with E-state index in [2.05, 4.69) is 53.4 Å². The Kier molecular flexibility index (Phi) is 8.84. The predicted octanol–water partition coefficient (Wildman–Crippen LogP) is 2.14. The van der Waals surface area contributed by atoms with E-state index in [1.165, 1.54) is 11.1 Å². The molecule has 2 heterocycles. The molecule has 30 heavy (non-hydrogen) atoms. The molecule has 2 aliphatic rings. The molecule has 0 spiro atoms. The molecule has 0 unspecified atom stereocenters. The zero-order valence-electron chi connectivity index (χ0n) is 17.1. The van der Waals surface area contributed by atoms with Crippen LogP contribution in [0.2, 0.25) is 0 Å². The van der Waals surface area contributed by atoms with E-state index < -0.39 is 0 Å². The summed E-state index contributed by atoms with van der Waals surface area (Å²) in [4.78, 5) is 30.5. The highest BCUT2D eigenvalue weighted by Gasteiger charge is 2.30. The second-order valence-electron chi connectivity index (χ2n) is 7.56. The number of halogens is 1. The van der Waals surface area contributed by atoms with Gasteiger partial charge in [-0.25, -0.2) is 0 Å². The molecule has 162 valence electrons. The van der Waals surface area contributed by atoms with Gasteiger partial charge in [0.1, 0.15) is 0 Å². The van der Waals surface area contributed by atoms with E-state index in [-0.39, 0.29) is 42.3 Å². The molecule has 2 aliphatic heterocycles. The van der Waals surface area contributed by atoms with Crippen LogP contribution in [0.15, 0.2) is 60.7 Å². The Morgan fingerprint density at radius 3 is 1.83 bits per heavy atom. The molecule has 0 bridgehead atoms. The Morgan fingerprint density at radius 2 is 1.37 bits per heavy atom. The van der Waals surface area contributed by atoms with Crippen molar-refractivity contribution < 1.29 is 15.1 Å². The first-order chi connectivity index (χ1) is 13.7. The normalized spacial score (nSPS) is 16.9. The average molecular weight is 432 g/mol. The molecule has 0 radical (unpaired) electrons. The van der Waals surface area contributed by atoms with Crippen LogP contribution in [0.1, 0.15) is 30.0 Å². The Bertz CT molecular complexity index is 771. The highest BCUT2D eigenvalue weighted by atomic mass is 35.5. The Balaban J connectivity index is 0.00000160. The van der Waals surface area contributed by atoms with E-state index in [1.807, 2.05) is 17.0 Å². The van der Waals surface area contributed by atoms with Crippen molar-refractivity contribution in [3.05, 3.63) is 71.8 Å². The Hall–Kier alpha value is -2.41. The van der Waals surface area contributed by atoms with Gasteiger partial charge >= 0.3 is 0 Å². The summed E-state index contributed by atoms with van der Waals surface area (Å²) in [5.41, 5.74) is 2.55. The van der Waals surface area contributed by atoms with E-state index in [0.717, 1.165) is 19.5 Å². The first-order valence-electron chi connectivity index (χ1n) is 10.1. The fourth-order valence-corrected chi connectivity index (χ4v) is 4.25. The van der Waals surface area contributed by atoms with Crippen LogP contribution in [-0.4, -0.2) is 71.3 Å². The minimum Gasteiger partial charge on any atom is -0.412 e. The van der Waals surface area contributed by atoms with Gasteiger partial charge in [-0.3, -0.25) is 14.5 Å². The minimum absolute atomic E-state index is 0. The van der Waals surface area contributed by atoms with Crippen LogP contribution in [0.4, 0.5) is 0 Å². The van der Waals surface area contributed by atoms with E-state index >= 15 is 0 Å². The van der Waals surface area contributed by atoms with Gasteiger partial charge in [0.05, 0.1) is 12.6 Å². The van der Waals surface area contributed by atoms with Crippen molar-refractivity contribution in [1.82, 2.24) is 14.7 Å². The lowest BCUT2D eigenvalue weighted by Gasteiger charge is -2.40. The minimum atomic E-state index is 0. The molecule has 2 saturated heterocycles. The maximum atomic E-state index is 12.6. The molecule has 0 aliphatic carbocycles. The lowest BCUT2D eigenvalue weighted by Crippen LogP contribution is -2.52. The molecule has 2 amide bonds. The topological polar surface area (TPSA) is 75.4 Å².